The number of ether oxygens (including phenoxy) is 1. The Bertz CT molecular complexity index is 294. The number of aliphatic hydroxyl groups excluding tert-OH is 1. The second-order valence-electron chi connectivity index (χ2n) is 5.08. The van der Waals surface area contributed by atoms with E-state index >= 15 is 0 Å². The molecule has 2 saturated heterocycles. The summed E-state index contributed by atoms with van der Waals surface area (Å²) in [5, 5.41) is 21.3. The van der Waals surface area contributed by atoms with Crippen molar-refractivity contribution in [3.8, 4) is 0 Å². The number of oxime groups is 1. The van der Waals surface area contributed by atoms with E-state index in [9.17, 15) is 5.11 Å². The third kappa shape index (κ3) is 3.08. The minimum atomic E-state index is -0.257. The SMILES string of the molecule is NC(CN1CCC[C@@]2(C[C@H](O)CCO2)C1)=NO. The monoisotopic (exact) mass is 243 g/mol. The Balaban J connectivity index is 1.96. The molecule has 2 aliphatic heterocycles. The summed E-state index contributed by atoms with van der Waals surface area (Å²) in [5.41, 5.74) is 5.29. The molecule has 2 aliphatic rings. The van der Waals surface area contributed by atoms with E-state index in [1.807, 2.05) is 0 Å². The second kappa shape index (κ2) is 5.20. The van der Waals surface area contributed by atoms with Crippen LogP contribution in [0, 0.1) is 0 Å². The van der Waals surface area contributed by atoms with Gasteiger partial charge in [0.1, 0.15) is 0 Å². The molecule has 0 aliphatic carbocycles. The van der Waals surface area contributed by atoms with Crippen LogP contribution in [0.2, 0.25) is 0 Å². The fourth-order valence-electron chi connectivity index (χ4n) is 2.87. The predicted octanol–water partition coefficient (Wildman–Crippen LogP) is -0.261. The van der Waals surface area contributed by atoms with E-state index in [1.54, 1.807) is 0 Å². The van der Waals surface area contributed by atoms with Gasteiger partial charge < -0.3 is 20.8 Å². The zero-order chi connectivity index (χ0) is 12.3. The molecule has 2 heterocycles. The Morgan fingerprint density at radius 3 is 3.12 bits per heavy atom. The average molecular weight is 243 g/mol. The third-order valence-electron chi connectivity index (χ3n) is 3.60. The summed E-state index contributed by atoms with van der Waals surface area (Å²) < 4.78 is 5.88. The molecular formula is C11H21N3O3. The van der Waals surface area contributed by atoms with E-state index in [-0.39, 0.29) is 17.5 Å². The van der Waals surface area contributed by atoms with E-state index < -0.39 is 0 Å². The number of nitrogens with zero attached hydrogens (tertiary/aromatic N) is 2. The van der Waals surface area contributed by atoms with E-state index in [0.717, 1.165) is 32.4 Å². The van der Waals surface area contributed by atoms with Crippen LogP contribution in [-0.4, -0.2) is 59.0 Å². The highest BCUT2D eigenvalue weighted by Crippen LogP contribution is 2.33. The van der Waals surface area contributed by atoms with Crippen LogP contribution in [0.15, 0.2) is 5.16 Å². The molecule has 0 aromatic heterocycles. The Morgan fingerprint density at radius 1 is 1.59 bits per heavy atom. The van der Waals surface area contributed by atoms with Gasteiger partial charge in [0.2, 0.25) is 0 Å². The van der Waals surface area contributed by atoms with Crippen LogP contribution in [0.5, 0.6) is 0 Å². The molecule has 2 atom stereocenters. The number of hydrogen-bond donors (Lipinski definition) is 3. The lowest BCUT2D eigenvalue weighted by atomic mass is 9.84. The maximum Gasteiger partial charge on any atom is 0.153 e. The third-order valence-corrected chi connectivity index (χ3v) is 3.60. The molecule has 0 aromatic rings. The molecule has 6 heteroatoms. The highest BCUT2D eigenvalue weighted by atomic mass is 16.5. The molecule has 0 saturated carbocycles. The standard InChI is InChI=1S/C11H21N3O3/c12-10(13-16)7-14-4-1-3-11(8-14)6-9(15)2-5-17-11/h9,15-16H,1-8H2,(H2,12,13)/t9-,11-/m1/s1. The molecule has 17 heavy (non-hydrogen) atoms. The number of piperidine rings is 1. The maximum absolute atomic E-state index is 9.75. The summed E-state index contributed by atoms with van der Waals surface area (Å²) in [6.45, 7) is 2.76. The van der Waals surface area contributed by atoms with Gasteiger partial charge >= 0.3 is 0 Å². The van der Waals surface area contributed by atoms with Crippen molar-refractivity contribution in [3.63, 3.8) is 0 Å². The van der Waals surface area contributed by atoms with Crippen molar-refractivity contribution in [2.45, 2.75) is 37.4 Å². The summed E-state index contributed by atoms with van der Waals surface area (Å²) in [6, 6.07) is 0. The number of likely N-dealkylation sites (tertiary alicyclic amines) is 1. The lowest BCUT2D eigenvalue weighted by molar-refractivity contribution is -0.145. The Hall–Kier alpha value is -0.850. The quantitative estimate of drug-likeness (QED) is 0.269. The van der Waals surface area contributed by atoms with Gasteiger partial charge in [-0.3, -0.25) is 4.90 Å². The van der Waals surface area contributed by atoms with Crippen LogP contribution in [0.3, 0.4) is 0 Å². The van der Waals surface area contributed by atoms with Crippen LogP contribution < -0.4 is 5.73 Å². The molecule has 6 nitrogen and oxygen atoms in total. The highest BCUT2D eigenvalue weighted by molar-refractivity contribution is 5.81. The molecule has 98 valence electrons. The van der Waals surface area contributed by atoms with Crippen LogP contribution in [0.25, 0.3) is 0 Å². The van der Waals surface area contributed by atoms with Gasteiger partial charge in [-0.15, -0.1) is 0 Å². The fourth-order valence-corrected chi connectivity index (χ4v) is 2.87. The summed E-state index contributed by atoms with van der Waals surface area (Å²) in [6.07, 6.45) is 3.16. The molecule has 1 spiro atoms. The van der Waals surface area contributed by atoms with Crippen molar-refractivity contribution < 1.29 is 15.1 Å². The first-order valence-electron chi connectivity index (χ1n) is 6.14. The average Bonchev–Trinajstić information content (AvgIpc) is 2.28. The number of rotatable bonds is 2. The second-order valence-corrected chi connectivity index (χ2v) is 5.08. The van der Waals surface area contributed by atoms with Crippen LogP contribution in [0.4, 0.5) is 0 Å². The van der Waals surface area contributed by atoms with Gasteiger partial charge in [-0.05, 0) is 25.8 Å². The van der Waals surface area contributed by atoms with Crippen LogP contribution in [-0.2, 0) is 4.74 Å². The van der Waals surface area contributed by atoms with E-state index in [4.69, 9.17) is 15.7 Å². The summed E-state index contributed by atoms with van der Waals surface area (Å²) in [4.78, 5) is 2.12. The molecule has 2 fully saturated rings. The fraction of sp³-hybridized carbons (Fsp3) is 0.909. The van der Waals surface area contributed by atoms with Gasteiger partial charge in [-0.2, -0.15) is 0 Å². The molecule has 0 bridgehead atoms. The van der Waals surface area contributed by atoms with E-state index in [0.29, 0.717) is 19.6 Å². The molecule has 0 amide bonds. The predicted molar refractivity (Wildman–Crippen MR) is 63.0 cm³/mol. The first kappa shape index (κ1) is 12.6. The topological polar surface area (TPSA) is 91.3 Å². The Kier molecular flexibility index (Phi) is 3.86. The molecule has 0 radical (unpaired) electrons. The molecule has 0 aromatic carbocycles. The lowest BCUT2D eigenvalue weighted by Crippen LogP contribution is -2.55. The number of nitrogens with two attached hydrogens (primary N) is 1. The number of hydrogen-bond acceptors (Lipinski definition) is 5. The van der Waals surface area contributed by atoms with Gasteiger partial charge in [-0.1, -0.05) is 5.16 Å². The number of amidine groups is 1. The van der Waals surface area contributed by atoms with Crippen molar-refractivity contribution in [1.82, 2.24) is 4.90 Å². The molecular weight excluding hydrogens is 222 g/mol. The lowest BCUT2D eigenvalue weighted by Gasteiger charge is -2.46. The number of aliphatic hydroxyl groups is 1. The van der Waals surface area contributed by atoms with Gasteiger partial charge in [0.25, 0.3) is 0 Å². The van der Waals surface area contributed by atoms with Crippen molar-refractivity contribution in [2.24, 2.45) is 10.9 Å². The smallest absolute Gasteiger partial charge is 0.153 e. The van der Waals surface area contributed by atoms with Gasteiger partial charge in [0, 0.05) is 19.6 Å². The first-order valence-corrected chi connectivity index (χ1v) is 6.14. The summed E-state index contributed by atoms with van der Waals surface area (Å²) >= 11 is 0. The van der Waals surface area contributed by atoms with E-state index in [2.05, 4.69) is 10.1 Å². The molecule has 4 N–H and O–H groups in total. The zero-order valence-corrected chi connectivity index (χ0v) is 10.0. The molecule has 2 rings (SSSR count). The Morgan fingerprint density at radius 2 is 2.41 bits per heavy atom. The minimum Gasteiger partial charge on any atom is -0.409 e. The summed E-state index contributed by atoms with van der Waals surface area (Å²) in [5.74, 6) is 0.221. The van der Waals surface area contributed by atoms with Crippen molar-refractivity contribution in [2.75, 3.05) is 26.2 Å². The van der Waals surface area contributed by atoms with Crippen molar-refractivity contribution in [3.05, 3.63) is 0 Å². The highest BCUT2D eigenvalue weighted by Gasteiger charge is 2.40. The van der Waals surface area contributed by atoms with Crippen molar-refractivity contribution >= 4 is 5.84 Å². The van der Waals surface area contributed by atoms with Crippen LogP contribution in [0.1, 0.15) is 25.7 Å². The summed E-state index contributed by atoms with van der Waals surface area (Å²) in [7, 11) is 0. The first-order chi connectivity index (χ1) is 8.13. The van der Waals surface area contributed by atoms with Crippen LogP contribution >= 0.6 is 0 Å². The molecule has 0 unspecified atom stereocenters. The minimum absolute atomic E-state index is 0.221. The normalized spacial score (nSPS) is 36.3. The van der Waals surface area contributed by atoms with Gasteiger partial charge in [-0.25, -0.2) is 0 Å². The Labute approximate surface area is 101 Å². The van der Waals surface area contributed by atoms with Gasteiger partial charge in [0.05, 0.1) is 18.2 Å². The van der Waals surface area contributed by atoms with E-state index in [1.165, 1.54) is 0 Å². The van der Waals surface area contributed by atoms with Crippen molar-refractivity contribution in [1.29, 1.82) is 0 Å². The maximum atomic E-state index is 9.75. The zero-order valence-electron chi connectivity index (χ0n) is 10.0. The largest absolute Gasteiger partial charge is 0.409 e. The van der Waals surface area contributed by atoms with Gasteiger partial charge in [0.15, 0.2) is 5.84 Å².